The highest BCUT2D eigenvalue weighted by Gasteiger charge is 2.17. The van der Waals surface area contributed by atoms with E-state index in [4.69, 9.17) is 14.2 Å². The van der Waals surface area contributed by atoms with E-state index in [1.165, 1.54) is 7.11 Å². The van der Waals surface area contributed by atoms with Crippen molar-refractivity contribution in [2.75, 3.05) is 19.5 Å². The van der Waals surface area contributed by atoms with Gasteiger partial charge in [-0.2, -0.15) is 5.26 Å². The number of thioether (sulfide) groups is 1. The maximum Gasteiger partial charge on any atom is 0.316 e. The average Bonchev–Trinajstić information content (AvgIpc) is 2.81. The number of benzene rings is 2. The normalized spacial score (nSPS) is 10.3. The monoisotopic (exact) mass is 451 g/mol. The van der Waals surface area contributed by atoms with Crippen LogP contribution in [-0.4, -0.2) is 35.4 Å². The number of aromatic amines is 1. The number of esters is 1. The van der Waals surface area contributed by atoms with E-state index in [1.54, 1.807) is 25.1 Å². The van der Waals surface area contributed by atoms with Crippen molar-refractivity contribution in [2.45, 2.75) is 18.7 Å². The number of carbonyl (C=O) groups is 1. The van der Waals surface area contributed by atoms with Gasteiger partial charge in [0.25, 0.3) is 5.56 Å². The fourth-order valence-electron chi connectivity index (χ4n) is 2.83. The zero-order valence-corrected chi connectivity index (χ0v) is 18.4. The number of nitriles is 1. The molecule has 8 nitrogen and oxygen atoms in total. The predicted molar refractivity (Wildman–Crippen MR) is 120 cm³/mol. The summed E-state index contributed by atoms with van der Waals surface area (Å²) in [5.74, 6) is 0.510. The number of ether oxygens (including phenoxy) is 3. The molecule has 1 heterocycles. The summed E-state index contributed by atoms with van der Waals surface area (Å²) >= 11 is 1.02. The molecule has 0 fully saturated rings. The quantitative estimate of drug-likeness (QED) is 0.298. The molecular weight excluding hydrogens is 430 g/mol. The van der Waals surface area contributed by atoms with Crippen molar-refractivity contribution < 1.29 is 19.0 Å². The van der Waals surface area contributed by atoms with Gasteiger partial charge in [-0.25, -0.2) is 4.98 Å². The van der Waals surface area contributed by atoms with E-state index in [-0.39, 0.29) is 28.8 Å². The summed E-state index contributed by atoms with van der Waals surface area (Å²) in [6, 6.07) is 16.6. The summed E-state index contributed by atoms with van der Waals surface area (Å²) in [6.45, 7) is 2.33. The van der Waals surface area contributed by atoms with Crippen LogP contribution in [0.2, 0.25) is 0 Å². The van der Waals surface area contributed by atoms with Gasteiger partial charge in [-0.05, 0) is 30.7 Å². The number of rotatable bonds is 9. The van der Waals surface area contributed by atoms with Crippen LogP contribution in [0.1, 0.15) is 18.1 Å². The van der Waals surface area contributed by atoms with Crippen molar-refractivity contribution in [3.63, 3.8) is 0 Å². The highest BCUT2D eigenvalue weighted by molar-refractivity contribution is 7.99. The highest BCUT2D eigenvalue weighted by Crippen LogP contribution is 2.33. The van der Waals surface area contributed by atoms with Crippen LogP contribution in [0.15, 0.2) is 58.5 Å². The topological polar surface area (TPSA) is 114 Å². The van der Waals surface area contributed by atoms with Gasteiger partial charge in [0, 0.05) is 5.56 Å². The first-order valence-corrected chi connectivity index (χ1v) is 10.7. The van der Waals surface area contributed by atoms with Gasteiger partial charge in [-0.1, -0.05) is 42.1 Å². The maximum atomic E-state index is 12.4. The third-order valence-corrected chi connectivity index (χ3v) is 5.16. The Morgan fingerprint density at radius 2 is 1.97 bits per heavy atom. The predicted octanol–water partition coefficient (Wildman–Crippen LogP) is 3.55. The summed E-state index contributed by atoms with van der Waals surface area (Å²) in [5, 5.41) is 9.69. The van der Waals surface area contributed by atoms with Crippen LogP contribution in [0.25, 0.3) is 11.3 Å². The molecule has 0 unspecified atom stereocenters. The van der Waals surface area contributed by atoms with Crippen LogP contribution in [0, 0.1) is 11.3 Å². The van der Waals surface area contributed by atoms with Crippen molar-refractivity contribution in [1.82, 2.24) is 9.97 Å². The molecule has 164 valence electrons. The highest BCUT2D eigenvalue weighted by atomic mass is 32.2. The first-order chi connectivity index (χ1) is 15.5. The molecule has 0 bridgehead atoms. The van der Waals surface area contributed by atoms with Crippen LogP contribution in [0.4, 0.5) is 0 Å². The van der Waals surface area contributed by atoms with Crippen molar-refractivity contribution in [3.05, 3.63) is 70.0 Å². The van der Waals surface area contributed by atoms with E-state index in [9.17, 15) is 14.9 Å². The third kappa shape index (κ3) is 5.68. The molecule has 3 aromatic rings. The Morgan fingerprint density at radius 1 is 1.19 bits per heavy atom. The van der Waals surface area contributed by atoms with Crippen molar-refractivity contribution in [2.24, 2.45) is 0 Å². The molecule has 9 heteroatoms. The molecule has 0 saturated heterocycles. The fourth-order valence-corrected chi connectivity index (χ4v) is 3.49. The zero-order valence-electron chi connectivity index (χ0n) is 17.6. The van der Waals surface area contributed by atoms with Gasteiger partial charge >= 0.3 is 5.97 Å². The van der Waals surface area contributed by atoms with Crippen LogP contribution < -0.4 is 15.0 Å². The summed E-state index contributed by atoms with van der Waals surface area (Å²) in [4.78, 5) is 30.9. The first kappa shape index (κ1) is 22.9. The summed E-state index contributed by atoms with van der Waals surface area (Å²) in [6.07, 6.45) is 0. The van der Waals surface area contributed by atoms with E-state index in [2.05, 4.69) is 9.97 Å². The van der Waals surface area contributed by atoms with Crippen LogP contribution >= 0.6 is 11.8 Å². The Balaban J connectivity index is 1.89. The van der Waals surface area contributed by atoms with Gasteiger partial charge in [-0.15, -0.1) is 0 Å². The third-order valence-electron chi connectivity index (χ3n) is 4.32. The lowest BCUT2D eigenvalue weighted by Crippen LogP contribution is -2.16. The number of nitrogens with zero attached hydrogens (tertiary/aromatic N) is 2. The van der Waals surface area contributed by atoms with E-state index in [1.807, 2.05) is 36.4 Å². The average molecular weight is 452 g/mol. The Bertz CT molecular complexity index is 1190. The number of nitrogens with one attached hydrogen (secondary N) is 1. The van der Waals surface area contributed by atoms with Crippen LogP contribution in [0.5, 0.6) is 11.5 Å². The second kappa shape index (κ2) is 11.0. The Hall–Kier alpha value is -3.77. The zero-order chi connectivity index (χ0) is 22.9. The van der Waals surface area contributed by atoms with Crippen LogP contribution in [0.3, 0.4) is 0 Å². The molecular formula is C23H21N3O5S. The van der Waals surface area contributed by atoms with Crippen molar-refractivity contribution >= 4 is 17.7 Å². The lowest BCUT2D eigenvalue weighted by Gasteiger charge is -2.13. The molecule has 0 saturated carbocycles. The van der Waals surface area contributed by atoms with Crippen LogP contribution in [-0.2, 0) is 16.1 Å². The second-order valence-corrected chi connectivity index (χ2v) is 7.40. The Kier molecular flexibility index (Phi) is 7.89. The van der Waals surface area contributed by atoms with E-state index < -0.39 is 11.5 Å². The molecule has 0 aliphatic rings. The Morgan fingerprint density at radius 3 is 2.66 bits per heavy atom. The van der Waals surface area contributed by atoms with Gasteiger partial charge in [0.15, 0.2) is 16.7 Å². The molecule has 0 aliphatic heterocycles. The second-order valence-electron chi connectivity index (χ2n) is 6.44. The number of methoxy groups -OCH3 is 1. The Labute approximate surface area is 189 Å². The molecule has 0 aliphatic carbocycles. The molecule has 32 heavy (non-hydrogen) atoms. The summed E-state index contributed by atoms with van der Waals surface area (Å²) in [7, 11) is 1.51. The SMILES string of the molecule is CCOC(=O)CSc1nc(-c2ccc(OCc3ccccc3)c(OC)c2)c(C#N)c(=O)[nH]1. The molecule has 3 rings (SSSR count). The molecule has 2 aromatic carbocycles. The van der Waals surface area contributed by atoms with E-state index in [0.29, 0.717) is 23.7 Å². The minimum atomic E-state index is -0.591. The molecule has 1 N–H and O–H groups in total. The maximum absolute atomic E-state index is 12.4. The number of carbonyl (C=O) groups excluding carboxylic acids is 1. The number of hydrogen-bond donors (Lipinski definition) is 1. The summed E-state index contributed by atoms with van der Waals surface area (Å²) in [5.41, 5.74) is 0.979. The molecule has 0 amide bonds. The molecule has 1 aromatic heterocycles. The molecule has 0 atom stereocenters. The molecule has 0 spiro atoms. The van der Waals surface area contributed by atoms with Crippen molar-refractivity contribution in [3.8, 4) is 28.8 Å². The number of hydrogen-bond acceptors (Lipinski definition) is 8. The molecule has 0 radical (unpaired) electrons. The lowest BCUT2D eigenvalue weighted by molar-refractivity contribution is -0.139. The summed E-state index contributed by atoms with van der Waals surface area (Å²) < 4.78 is 16.2. The van der Waals surface area contributed by atoms with Gasteiger partial charge in [0.2, 0.25) is 0 Å². The largest absolute Gasteiger partial charge is 0.493 e. The minimum absolute atomic E-state index is 0.0162. The minimum Gasteiger partial charge on any atom is -0.493 e. The van der Waals surface area contributed by atoms with E-state index >= 15 is 0 Å². The smallest absolute Gasteiger partial charge is 0.316 e. The van der Waals surface area contributed by atoms with E-state index in [0.717, 1.165) is 17.3 Å². The fraction of sp³-hybridized carbons (Fsp3) is 0.217. The van der Waals surface area contributed by atoms with Gasteiger partial charge < -0.3 is 19.2 Å². The standard InChI is InChI=1S/C23H21N3O5S/c1-3-30-20(27)14-32-23-25-21(17(12-24)22(28)26-23)16-9-10-18(19(11-16)29-2)31-13-15-7-5-4-6-8-15/h4-11H,3,13-14H2,1-2H3,(H,25,26,28). The van der Waals surface area contributed by atoms with Gasteiger partial charge in [0.05, 0.1) is 25.2 Å². The van der Waals surface area contributed by atoms with Gasteiger partial charge in [-0.3, -0.25) is 9.59 Å². The lowest BCUT2D eigenvalue weighted by atomic mass is 10.1. The first-order valence-electron chi connectivity index (χ1n) is 9.73. The van der Waals surface area contributed by atoms with Crippen molar-refractivity contribution in [1.29, 1.82) is 5.26 Å². The number of aromatic nitrogens is 2. The van der Waals surface area contributed by atoms with Gasteiger partial charge in [0.1, 0.15) is 18.2 Å². The number of H-pyrrole nitrogens is 1.